The van der Waals surface area contributed by atoms with Crippen LogP contribution < -0.4 is 10.6 Å². The number of carbonyl (C=O) groups is 3. The number of anilines is 1. The second-order valence-electron chi connectivity index (χ2n) is 7.62. The quantitative estimate of drug-likeness (QED) is 0.867. The molecule has 6 nitrogen and oxygen atoms in total. The lowest BCUT2D eigenvalue weighted by atomic mass is 9.91. The summed E-state index contributed by atoms with van der Waals surface area (Å²) in [7, 11) is 0. The first-order valence-electron chi connectivity index (χ1n) is 9.15. The van der Waals surface area contributed by atoms with E-state index < -0.39 is 6.04 Å². The summed E-state index contributed by atoms with van der Waals surface area (Å²) in [4.78, 5) is 38.5. The Balaban J connectivity index is 2.23. The Morgan fingerprint density at radius 1 is 1.15 bits per heavy atom. The molecule has 0 spiro atoms. The third kappa shape index (κ3) is 5.07. The molecule has 0 saturated carbocycles. The molecule has 0 radical (unpaired) electrons. The Kier molecular flexibility index (Phi) is 6.40. The van der Waals surface area contributed by atoms with E-state index in [4.69, 9.17) is 0 Å². The van der Waals surface area contributed by atoms with Crippen molar-refractivity contribution in [2.75, 3.05) is 18.4 Å². The summed E-state index contributed by atoms with van der Waals surface area (Å²) in [6.07, 6.45) is 1.12. The van der Waals surface area contributed by atoms with Crippen molar-refractivity contribution in [2.45, 2.75) is 47.1 Å². The zero-order valence-corrected chi connectivity index (χ0v) is 16.3. The van der Waals surface area contributed by atoms with Crippen molar-refractivity contribution in [1.29, 1.82) is 0 Å². The predicted octanol–water partition coefficient (Wildman–Crippen LogP) is 2.58. The molecule has 0 bridgehead atoms. The molecule has 1 saturated heterocycles. The van der Waals surface area contributed by atoms with Gasteiger partial charge in [0.1, 0.15) is 6.04 Å². The molecule has 1 aliphatic heterocycles. The van der Waals surface area contributed by atoms with Crippen LogP contribution in [0.3, 0.4) is 0 Å². The molecule has 3 atom stereocenters. The van der Waals surface area contributed by atoms with Gasteiger partial charge in [0.05, 0.1) is 11.3 Å². The molecule has 1 unspecified atom stereocenters. The lowest BCUT2D eigenvalue weighted by Crippen LogP contribution is -2.43. The summed E-state index contributed by atoms with van der Waals surface area (Å²) in [5.74, 6) is 0.243. The van der Waals surface area contributed by atoms with E-state index in [1.165, 1.54) is 6.92 Å². The molecule has 2 rings (SSSR count). The lowest BCUT2D eigenvalue weighted by Gasteiger charge is -2.35. The minimum absolute atomic E-state index is 0.0606. The molecule has 3 amide bonds. The van der Waals surface area contributed by atoms with Gasteiger partial charge >= 0.3 is 0 Å². The number of piperidine rings is 1. The number of aryl methyl sites for hydroxylation is 1. The molecule has 1 fully saturated rings. The van der Waals surface area contributed by atoms with E-state index in [2.05, 4.69) is 24.5 Å². The van der Waals surface area contributed by atoms with Crippen LogP contribution >= 0.6 is 0 Å². The first-order chi connectivity index (χ1) is 12.2. The highest BCUT2D eigenvalue weighted by molar-refractivity contribution is 6.05. The highest BCUT2D eigenvalue weighted by atomic mass is 16.2. The second-order valence-corrected chi connectivity index (χ2v) is 7.62. The van der Waals surface area contributed by atoms with Gasteiger partial charge < -0.3 is 15.5 Å². The fourth-order valence-corrected chi connectivity index (χ4v) is 3.55. The van der Waals surface area contributed by atoms with Gasteiger partial charge in [-0.2, -0.15) is 0 Å². The van der Waals surface area contributed by atoms with Gasteiger partial charge in [-0.3, -0.25) is 14.4 Å². The molecule has 0 aromatic heterocycles. The summed E-state index contributed by atoms with van der Waals surface area (Å²) >= 11 is 0. The van der Waals surface area contributed by atoms with E-state index in [0.29, 0.717) is 23.1 Å². The van der Waals surface area contributed by atoms with Gasteiger partial charge in [-0.05, 0) is 44.2 Å². The highest BCUT2D eigenvalue weighted by Gasteiger charge is 2.28. The predicted molar refractivity (Wildman–Crippen MR) is 102 cm³/mol. The standard InChI is InChI=1S/C20H29N3O3/c1-12-6-7-18(22-19(25)15(4)21-16(5)24)17(9-12)20(26)23-10-13(2)8-14(3)11-23/h6-7,9,13-15H,8,10-11H2,1-5H3,(H,21,24)(H,22,25)/t13-,14+,15?. The van der Waals surface area contributed by atoms with Crippen LogP contribution in [0, 0.1) is 18.8 Å². The Bertz CT molecular complexity index is 692. The fraction of sp³-hybridized carbons (Fsp3) is 0.550. The van der Waals surface area contributed by atoms with Gasteiger partial charge in [-0.25, -0.2) is 0 Å². The molecular formula is C20H29N3O3. The van der Waals surface area contributed by atoms with E-state index >= 15 is 0 Å². The third-order valence-corrected chi connectivity index (χ3v) is 4.63. The number of rotatable bonds is 4. The first kappa shape index (κ1) is 19.9. The number of hydrogen-bond acceptors (Lipinski definition) is 3. The number of nitrogens with one attached hydrogen (secondary N) is 2. The Hall–Kier alpha value is -2.37. The van der Waals surface area contributed by atoms with Crippen molar-refractivity contribution in [3.63, 3.8) is 0 Å². The summed E-state index contributed by atoms with van der Waals surface area (Å²) < 4.78 is 0. The van der Waals surface area contributed by atoms with Gasteiger partial charge in [0, 0.05) is 20.0 Å². The number of nitrogens with zero attached hydrogens (tertiary/aromatic N) is 1. The SMILES string of the molecule is CC(=O)NC(C)C(=O)Nc1ccc(C)cc1C(=O)N1C[C@H](C)C[C@H](C)C1. The zero-order chi connectivity index (χ0) is 19.4. The van der Waals surface area contributed by atoms with Crippen LogP contribution in [-0.2, 0) is 9.59 Å². The zero-order valence-electron chi connectivity index (χ0n) is 16.3. The molecule has 1 aromatic carbocycles. The normalized spacial score (nSPS) is 21.0. The average Bonchev–Trinajstić information content (AvgIpc) is 2.54. The van der Waals surface area contributed by atoms with Crippen LogP contribution in [-0.4, -0.2) is 41.8 Å². The molecule has 142 valence electrons. The third-order valence-electron chi connectivity index (χ3n) is 4.63. The number of benzene rings is 1. The minimum atomic E-state index is -0.674. The summed E-state index contributed by atoms with van der Waals surface area (Å²) in [6.45, 7) is 10.7. The maximum atomic E-state index is 13.1. The molecule has 1 aliphatic rings. The van der Waals surface area contributed by atoms with Crippen LogP contribution in [0.25, 0.3) is 0 Å². The highest BCUT2D eigenvalue weighted by Crippen LogP contribution is 2.25. The monoisotopic (exact) mass is 359 g/mol. The van der Waals surface area contributed by atoms with Gasteiger partial charge in [0.2, 0.25) is 11.8 Å². The maximum Gasteiger partial charge on any atom is 0.255 e. The van der Waals surface area contributed by atoms with Gasteiger partial charge in [0.15, 0.2) is 0 Å². The molecule has 1 aromatic rings. The van der Waals surface area contributed by atoms with Crippen molar-refractivity contribution in [3.8, 4) is 0 Å². The Morgan fingerprint density at radius 2 is 1.77 bits per heavy atom. The smallest absolute Gasteiger partial charge is 0.255 e. The van der Waals surface area contributed by atoms with Crippen molar-refractivity contribution < 1.29 is 14.4 Å². The van der Waals surface area contributed by atoms with Crippen molar-refractivity contribution in [1.82, 2.24) is 10.2 Å². The van der Waals surface area contributed by atoms with Gasteiger partial charge in [-0.15, -0.1) is 0 Å². The molecular weight excluding hydrogens is 330 g/mol. The maximum absolute atomic E-state index is 13.1. The van der Waals surface area contributed by atoms with Gasteiger partial charge in [0.25, 0.3) is 5.91 Å². The average molecular weight is 359 g/mol. The second kappa shape index (κ2) is 8.34. The van der Waals surface area contributed by atoms with Crippen molar-refractivity contribution >= 4 is 23.4 Å². The number of hydrogen-bond donors (Lipinski definition) is 2. The van der Waals surface area contributed by atoms with E-state index in [9.17, 15) is 14.4 Å². The Labute approximate surface area is 155 Å². The van der Waals surface area contributed by atoms with E-state index in [-0.39, 0.29) is 17.7 Å². The molecule has 1 heterocycles. The van der Waals surface area contributed by atoms with E-state index in [1.807, 2.05) is 24.0 Å². The minimum Gasteiger partial charge on any atom is -0.345 e. The number of amides is 3. The molecule has 6 heteroatoms. The van der Waals surface area contributed by atoms with Crippen molar-refractivity contribution in [3.05, 3.63) is 29.3 Å². The topological polar surface area (TPSA) is 78.5 Å². The van der Waals surface area contributed by atoms with E-state index in [0.717, 1.165) is 25.1 Å². The van der Waals surface area contributed by atoms with Crippen LogP contribution in [0.15, 0.2) is 18.2 Å². The largest absolute Gasteiger partial charge is 0.345 e. The fourth-order valence-electron chi connectivity index (χ4n) is 3.55. The molecule has 0 aliphatic carbocycles. The van der Waals surface area contributed by atoms with Crippen LogP contribution in [0.5, 0.6) is 0 Å². The number of carbonyl (C=O) groups excluding carboxylic acids is 3. The first-order valence-corrected chi connectivity index (χ1v) is 9.15. The van der Waals surface area contributed by atoms with Crippen LogP contribution in [0.2, 0.25) is 0 Å². The molecule has 26 heavy (non-hydrogen) atoms. The molecule has 2 N–H and O–H groups in total. The van der Waals surface area contributed by atoms with Gasteiger partial charge in [-0.1, -0.05) is 25.5 Å². The summed E-state index contributed by atoms with van der Waals surface area (Å²) in [6, 6.07) is 4.74. The Morgan fingerprint density at radius 3 is 2.35 bits per heavy atom. The summed E-state index contributed by atoms with van der Waals surface area (Å²) in [5.41, 5.74) is 1.93. The summed E-state index contributed by atoms with van der Waals surface area (Å²) in [5, 5.41) is 5.34. The van der Waals surface area contributed by atoms with Crippen molar-refractivity contribution in [2.24, 2.45) is 11.8 Å². The lowest BCUT2D eigenvalue weighted by molar-refractivity contribution is -0.124. The van der Waals surface area contributed by atoms with Crippen LogP contribution in [0.1, 0.15) is 50.0 Å². The number of likely N-dealkylation sites (tertiary alicyclic amines) is 1. The van der Waals surface area contributed by atoms with Crippen LogP contribution in [0.4, 0.5) is 5.69 Å². The van der Waals surface area contributed by atoms with E-state index in [1.54, 1.807) is 13.0 Å².